The van der Waals surface area contributed by atoms with Gasteiger partial charge in [0.05, 0.1) is 0 Å². The van der Waals surface area contributed by atoms with Gasteiger partial charge in [0, 0.05) is 19.1 Å². The first-order chi connectivity index (χ1) is 4.24. The lowest BCUT2D eigenvalue weighted by molar-refractivity contribution is 0.424. The van der Waals surface area contributed by atoms with Crippen LogP contribution in [0.15, 0.2) is 0 Å². The molecule has 1 heteroatoms. The van der Waals surface area contributed by atoms with E-state index in [-0.39, 0.29) is 0 Å². The number of hydrogen-bond donors (Lipinski definition) is 0. The summed E-state index contributed by atoms with van der Waals surface area (Å²) in [6.07, 6.45) is 1.34. The zero-order valence-corrected chi connectivity index (χ0v) is 6.72. The smallest absolute Gasteiger partial charge is 0.0221 e. The predicted octanol–water partition coefficient (Wildman–Crippen LogP) is 1.74. The van der Waals surface area contributed by atoms with E-state index in [1.54, 1.807) is 0 Å². The maximum atomic E-state index is 2.55. The number of hydrogen-bond acceptors (Lipinski definition) is 1. The molecule has 54 valence electrons. The summed E-state index contributed by atoms with van der Waals surface area (Å²) < 4.78 is 0. The Hall–Kier alpha value is -0.0400. The first-order valence-corrected chi connectivity index (χ1v) is 3.98. The van der Waals surface area contributed by atoms with Gasteiger partial charge < -0.3 is 0 Å². The van der Waals surface area contributed by atoms with Gasteiger partial charge in [-0.25, -0.2) is 0 Å². The minimum atomic E-state index is 0.849. The van der Waals surface area contributed by atoms with Gasteiger partial charge in [-0.2, -0.15) is 0 Å². The van der Waals surface area contributed by atoms with Crippen LogP contribution < -0.4 is 0 Å². The van der Waals surface area contributed by atoms with E-state index in [9.17, 15) is 0 Å². The van der Waals surface area contributed by atoms with E-state index in [0.29, 0.717) is 0 Å². The fourth-order valence-corrected chi connectivity index (χ4v) is 1.30. The van der Waals surface area contributed by atoms with Crippen molar-refractivity contribution in [3.05, 3.63) is 0 Å². The van der Waals surface area contributed by atoms with Crippen LogP contribution in [0.2, 0.25) is 0 Å². The van der Waals surface area contributed by atoms with Crippen molar-refractivity contribution in [3.8, 4) is 0 Å². The maximum Gasteiger partial charge on any atom is 0.0221 e. The molecule has 1 aliphatic rings. The fraction of sp³-hybridized carbons (Fsp3) is 1.00. The van der Waals surface area contributed by atoms with Crippen LogP contribution in [-0.4, -0.2) is 24.0 Å². The molecule has 0 aromatic carbocycles. The van der Waals surface area contributed by atoms with Gasteiger partial charge in [-0.1, -0.05) is 20.8 Å². The lowest BCUT2D eigenvalue weighted by Crippen LogP contribution is -2.09. The highest BCUT2D eigenvalue weighted by molar-refractivity contribution is 4.87. The number of nitrogens with zero attached hydrogens (tertiary/aromatic N) is 1. The van der Waals surface area contributed by atoms with E-state index in [1.807, 2.05) is 0 Å². The lowest BCUT2D eigenvalue weighted by Gasteiger charge is -2.04. The van der Waals surface area contributed by atoms with Crippen LogP contribution in [0.3, 0.4) is 0 Å². The van der Waals surface area contributed by atoms with Crippen molar-refractivity contribution >= 4 is 0 Å². The molecule has 0 aromatic heterocycles. The van der Waals surface area contributed by atoms with Gasteiger partial charge in [0.2, 0.25) is 0 Å². The topological polar surface area (TPSA) is 3.01 Å². The Bertz CT molecular complexity index is 88.6. The van der Waals surface area contributed by atoms with Crippen molar-refractivity contribution < 1.29 is 0 Å². The first kappa shape index (κ1) is 7.07. The van der Waals surface area contributed by atoms with Gasteiger partial charge in [-0.05, 0) is 12.3 Å². The van der Waals surface area contributed by atoms with Crippen molar-refractivity contribution in [1.29, 1.82) is 0 Å². The number of rotatable bonds is 3. The zero-order chi connectivity index (χ0) is 6.85. The van der Waals surface area contributed by atoms with Crippen LogP contribution in [0.25, 0.3) is 0 Å². The Morgan fingerprint density at radius 2 is 2.22 bits per heavy atom. The van der Waals surface area contributed by atoms with Crippen LogP contribution >= 0.6 is 0 Å². The molecular weight excluding hydrogens is 110 g/mol. The summed E-state index contributed by atoms with van der Waals surface area (Å²) in [5.74, 6) is 0.849. The average molecular weight is 127 g/mol. The standard InChI is InChI=1S/C8H17N/c1-4-8-6-9(8)5-7(2)3/h7-8H,4-6H2,1-3H3. The van der Waals surface area contributed by atoms with E-state index < -0.39 is 0 Å². The Morgan fingerprint density at radius 1 is 1.56 bits per heavy atom. The largest absolute Gasteiger partial charge is 0.297 e. The third kappa shape index (κ3) is 1.98. The summed E-state index contributed by atoms with van der Waals surface area (Å²) in [4.78, 5) is 2.55. The first-order valence-electron chi connectivity index (χ1n) is 3.98. The van der Waals surface area contributed by atoms with Crippen molar-refractivity contribution in [2.75, 3.05) is 13.1 Å². The van der Waals surface area contributed by atoms with Gasteiger partial charge in [0.25, 0.3) is 0 Å². The summed E-state index contributed by atoms with van der Waals surface area (Å²) in [6, 6.07) is 0.937. The zero-order valence-electron chi connectivity index (χ0n) is 6.72. The molecular formula is C8H17N. The maximum absolute atomic E-state index is 2.55. The highest BCUT2D eigenvalue weighted by Gasteiger charge is 2.31. The summed E-state index contributed by atoms with van der Waals surface area (Å²) in [5.41, 5.74) is 0. The van der Waals surface area contributed by atoms with E-state index in [1.165, 1.54) is 19.5 Å². The molecule has 2 atom stereocenters. The van der Waals surface area contributed by atoms with Crippen molar-refractivity contribution in [1.82, 2.24) is 4.90 Å². The van der Waals surface area contributed by atoms with Crippen molar-refractivity contribution in [2.24, 2.45) is 5.92 Å². The minimum absolute atomic E-state index is 0.849. The van der Waals surface area contributed by atoms with Gasteiger partial charge >= 0.3 is 0 Å². The summed E-state index contributed by atoms with van der Waals surface area (Å²) in [7, 11) is 0. The van der Waals surface area contributed by atoms with Crippen LogP contribution in [-0.2, 0) is 0 Å². The molecule has 0 radical (unpaired) electrons. The molecule has 2 unspecified atom stereocenters. The van der Waals surface area contributed by atoms with Gasteiger partial charge in [0.15, 0.2) is 0 Å². The molecule has 1 rings (SSSR count). The normalized spacial score (nSPS) is 33.3. The molecule has 1 heterocycles. The average Bonchev–Trinajstić information content (AvgIpc) is 2.45. The second-order valence-corrected chi connectivity index (χ2v) is 3.41. The predicted molar refractivity (Wildman–Crippen MR) is 40.5 cm³/mol. The summed E-state index contributed by atoms with van der Waals surface area (Å²) in [6.45, 7) is 9.49. The van der Waals surface area contributed by atoms with Crippen LogP contribution in [0.1, 0.15) is 27.2 Å². The Balaban J connectivity index is 2.05. The Kier molecular flexibility index (Phi) is 2.12. The monoisotopic (exact) mass is 127 g/mol. The van der Waals surface area contributed by atoms with E-state index in [4.69, 9.17) is 0 Å². The quantitative estimate of drug-likeness (QED) is 0.522. The van der Waals surface area contributed by atoms with E-state index in [0.717, 1.165) is 12.0 Å². The molecule has 0 saturated carbocycles. The molecule has 1 fully saturated rings. The van der Waals surface area contributed by atoms with Crippen LogP contribution in [0.4, 0.5) is 0 Å². The highest BCUT2D eigenvalue weighted by Crippen LogP contribution is 2.21. The molecule has 1 saturated heterocycles. The van der Waals surface area contributed by atoms with Gasteiger partial charge in [0.1, 0.15) is 0 Å². The molecule has 0 N–H and O–H groups in total. The Labute approximate surface area is 58.0 Å². The molecule has 9 heavy (non-hydrogen) atoms. The Morgan fingerprint density at radius 3 is 2.56 bits per heavy atom. The van der Waals surface area contributed by atoms with Crippen LogP contribution in [0, 0.1) is 5.92 Å². The SMILES string of the molecule is CCC1CN1CC(C)C. The second-order valence-electron chi connectivity index (χ2n) is 3.41. The van der Waals surface area contributed by atoms with Gasteiger partial charge in [-0.15, -0.1) is 0 Å². The third-order valence-corrected chi connectivity index (χ3v) is 1.90. The molecule has 0 spiro atoms. The van der Waals surface area contributed by atoms with Crippen molar-refractivity contribution in [3.63, 3.8) is 0 Å². The molecule has 1 nitrogen and oxygen atoms in total. The second kappa shape index (κ2) is 2.70. The summed E-state index contributed by atoms with van der Waals surface area (Å²) in [5, 5.41) is 0. The highest BCUT2D eigenvalue weighted by atomic mass is 15.3. The van der Waals surface area contributed by atoms with E-state index in [2.05, 4.69) is 25.7 Å². The van der Waals surface area contributed by atoms with E-state index >= 15 is 0 Å². The molecule has 0 aromatic rings. The molecule has 0 bridgehead atoms. The third-order valence-electron chi connectivity index (χ3n) is 1.90. The van der Waals surface area contributed by atoms with Gasteiger partial charge in [-0.3, -0.25) is 4.90 Å². The minimum Gasteiger partial charge on any atom is -0.297 e. The molecule has 0 amide bonds. The molecule has 1 aliphatic heterocycles. The summed E-state index contributed by atoms with van der Waals surface area (Å²) >= 11 is 0. The fourth-order valence-electron chi connectivity index (χ4n) is 1.30. The lowest BCUT2D eigenvalue weighted by atomic mass is 10.2. The van der Waals surface area contributed by atoms with Crippen LogP contribution in [0.5, 0.6) is 0 Å². The van der Waals surface area contributed by atoms with Crippen molar-refractivity contribution in [2.45, 2.75) is 33.2 Å². The molecule has 0 aliphatic carbocycles.